The Labute approximate surface area is 260 Å². The molecule has 5 rings (SSSR count). The number of carbonyl (C=O) groups is 2. The molecule has 9 heteroatoms. The minimum absolute atomic E-state index is 0.0603. The van der Waals surface area contributed by atoms with Crippen LogP contribution in [0.4, 0.5) is 5.69 Å². The molecular weight excluding hydrogens is 575 g/mol. The first kappa shape index (κ1) is 30.2. The maximum Gasteiger partial charge on any atom is 0.261 e. The van der Waals surface area contributed by atoms with Crippen LogP contribution in [-0.2, 0) is 24.3 Å². The normalized spacial score (nSPS) is 11.0. The Balaban J connectivity index is 1.34. The van der Waals surface area contributed by atoms with Gasteiger partial charge in [0.1, 0.15) is 5.82 Å². The zero-order valence-electron chi connectivity index (χ0n) is 24.3. The molecule has 0 atom stereocenters. The lowest BCUT2D eigenvalue weighted by molar-refractivity contribution is -0.118. The summed E-state index contributed by atoms with van der Waals surface area (Å²) in [5.41, 5.74) is 2.47. The molecule has 2 aromatic carbocycles. The zero-order chi connectivity index (χ0) is 30.0. The van der Waals surface area contributed by atoms with Crippen molar-refractivity contribution in [3.63, 3.8) is 0 Å². The maximum atomic E-state index is 13.6. The molecule has 1 N–H and O–H groups in total. The van der Waals surface area contributed by atoms with E-state index in [1.807, 2.05) is 75.6 Å². The summed E-state index contributed by atoms with van der Waals surface area (Å²) in [7, 11) is 0. The molecule has 0 aliphatic heterocycles. The van der Waals surface area contributed by atoms with Crippen LogP contribution < -0.4 is 10.2 Å². The van der Waals surface area contributed by atoms with Crippen LogP contribution in [0.3, 0.4) is 0 Å². The molecule has 0 saturated heterocycles. The van der Waals surface area contributed by atoms with Crippen LogP contribution in [0.5, 0.6) is 0 Å². The molecule has 5 aromatic rings. The molecule has 0 radical (unpaired) electrons. The molecule has 3 heterocycles. The predicted octanol–water partition coefficient (Wildman–Crippen LogP) is 7.56. The molecule has 43 heavy (non-hydrogen) atoms. The number of fused-ring (bicyclic) bond motifs is 1. The lowest BCUT2D eigenvalue weighted by Gasteiger charge is -2.23. The van der Waals surface area contributed by atoms with Gasteiger partial charge >= 0.3 is 0 Å². The van der Waals surface area contributed by atoms with Crippen LogP contribution in [0.1, 0.15) is 70.5 Å². The molecule has 0 aliphatic rings. The van der Waals surface area contributed by atoms with Crippen molar-refractivity contribution in [3.8, 4) is 6.07 Å². The Morgan fingerprint density at radius 3 is 2.70 bits per heavy atom. The third kappa shape index (κ3) is 7.98. The van der Waals surface area contributed by atoms with Gasteiger partial charge in [0.15, 0.2) is 0 Å². The van der Waals surface area contributed by atoms with E-state index in [2.05, 4.69) is 29.4 Å². The number of rotatable bonds is 14. The number of thiophene rings is 2. The van der Waals surface area contributed by atoms with Gasteiger partial charge in [-0.1, -0.05) is 44.4 Å². The maximum absolute atomic E-state index is 13.6. The molecule has 2 amide bonds. The Morgan fingerprint density at radius 2 is 1.93 bits per heavy atom. The van der Waals surface area contributed by atoms with E-state index in [0.717, 1.165) is 59.3 Å². The van der Waals surface area contributed by atoms with Crippen molar-refractivity contribution in [1.82, 2.24) is 14.9 Å². The van der Waals surface area contributed by atoms with Gasteiger partial charge < -0.3 is 14.8 Å². The number of unbranched alkanes of at least 4 members (excludes halogenated alkanes) is 3. The summed E-state index contributed by atoms with van der Waals surface area (Å²) in [5, 5.41) is 15.1. The molecule has 220 valence electrons. The summed E-state index contributed by atoms with van der Waals surface area (Å²) in [5.74, 6) is 0.764. The molecule has 3 aromatic heterocycles. The first-order valence-corrected chi connectivity index (χ1v) is 16.4. The summed E-state index contributed by atoms with van der Waals surface area (Å²) in [6.07, 6.45) is 9.06. The number of aromatic nitrogens is 2. The molecule has 0 bridgehead atoms. The molecule has 0 aliphatic carbocycles. The minimum Gasteiger partial charge on any atom is -0.351 e. The first-order chi connectivity index (χ1) is 21.0. The quantitative estimate of drug-likeness (QED) is 0.132. The largest absolute Gasteiger partial charge is 0.351 e. The molecular formula is C34H35N5O2S2. The summed E-state index contributed by atoms with van der Waals surface area (Å²) in [4.78, 5) is 34.9. The number of nitrogens with zero attached hydrogens (tertiary/aromatic N) is 4. The SMILES string of the molecule is CCCCCCC(=O)N(Cc1nccn1Cc1ccc(C#N)cc1)c1ccc2sc(C(=O)NCCc3cccs3)cc2c1. The van der Waals surface area contributed by atoms with Gasteiger partial charge in [-0.05, 0) is 71.6 Å². The van der Waals surface area contributed by atoms with Crippen LogP contribution in [0.2, 0.25) is 0 Å². The Bertz CT molecular complexity index is 1700. The number of nitrogens with one attached hydrogen (secondary N) is 1. The van der Waals surface area contributed by atoms with Crippen LogP contribution in [0, 0.1) is 11.3 Å². The van der Waals surface area contributed by atoms with E-state index in [1.54, 1.807) is 17.5 Å². The van der Waals surface area contributed by atoms with E-state index in [-0.39, 0.29) is 11.8 Å². The number of nitriles is 1. The fraction of sp³-hybridized carbons (Fsp3) is 0.294. The highest BCUT2D eigenvalue weighted by molar-refractivity contribution is 7.20. The highest BCUT2D eigenvalue weighted by Crippen LogP contribution is 2.31. The summed E-state index contributed by atoms with van der Waals surface area (Å²) < 4.78 is 3.05. The van der Waals surface area contributed by atoms with Gasteiger partial charge in [-0.3, -0.25) is 9.59 Å². The average Bonchev–Trinajstić information content (AvgIpc) is 3.80. The fourth-order valence-electron chi connectivity index (χ4n) is 4.97. The van der Waals surface area contributed by atoms with Gasteiger partial charge in [0.05, 0.1) is 23.1 Å². The Morgan fingerprint density at radius 1 is 1.07 bits per heavy atom. The first-order valence-electron chi connectivity index (χ1n) is 14.7. The van der Waals surface area contributed by atoms with Crippen molar-refractivity contribution in [1.29, 1.82) is 5.26 Å². The summed E-state index contributed by atoms with van der Waals surface area (Å²) in [6, 6.07) is 21.7. The van der Waals surface area contributed by atoms with E-state index in [0.29, 0.717) is 36.5 Å². The lowest BCUT2D eigenvalue weighted by Crippen LogP contribution is -2.31. The monoisotopic (exact) mass is 609 g/mol. The van der Waals surface area contributed by atoms with E-state index in [1.165, 1.54) is 16.2 Å². The van der Waals surface area contributed by atoms with Crippen molar-refractivity contribution in [2.75, 3.05) is 11.4 Å². The third-order valence-electron chi connectivity index (χ3n) is 7.35. The van der Waals surface area contributed by atoms with Crippen molar-refractivity contribution in [2.45, 2.75) is 58.5 Å². The van der Waals surface area contributed by atoms with Crippen molar-refractivity contribution < 1.29 is 9.59 Å². The molecule has 0 saturated carbocycles. The summed E-state index contributed by atoms with van der Waals surface area (Å²) in [6.45, 7) is 3.68. The number of hydrogen-bond donors (Lipinski definition) is 1. The summed E-state index contributed by atoms with van der Waals surface area (Å²) >= 11 is 3.16. The lowest BCUT2D eigenvalue weighted by atomic mass is 10.1. The molecule has 0 fully saturated rings. The second-order valence-electron chi connectivity index (χ2n) is 10.5. The molecule has 0 spiro atoms. The van der Waals surface area contributed by atoms with Crippen molar-refractivity contribution in [3.05, 3.63) is 105 Å². The Kier molecular flexibility index (Phi) is 10.4. The van der Waals surface area contributed by atoms with E-state index < -0.39 is 0 Å². The van der Waals surface area contributed by atoms with E-state index >= 15 is 0 Å². The third-order valence-corrected chi connectivity index (χ3v) is 9.41. The smallest absolute Gasteiger partial charge is 0.261 e. The van der Waals surface area contributed by atoms with E-state index in [4.69, 9.17) is 5.26 Å². The van der Waals surface area contributed by atoms with Gasteiger partial charge in [0, 0.05) is 47.2 Å². The number of amides is 2. The minimum atomic E-state index is -0.0759. The highest BCUT2D eigenvalue weighted by Gasteiger charge is 2.20. The predicted molar refractivity (Wildman–Crippen MR) is 175 cm³/mol. The molecule has 0 unspecified atom stereocenters. The highest BCUT2D eigenvalue weighted by atomic mass is 32.1. The number of benzene rings is 2. The van der Waals surface area contributed by atoms with Crippen LogP contribution in [0.15, 0.2) is 78.4 Å². The number of anilines is 1. The van der Waals surface area contributed by atoms with Gasteiger partial charge in [-0.2, -0.15) is 5.26 Å². The standard InChI is InChI=1S/C34H35N5O2S2/c1-2-3-4-5-8-33(40)39(24-32-36-17-18-38(32)23-26-11-9-25(22-35)10-12-26)28-13-14-30-27(20-28)21-31(43-30)34(41)37-16-15-29-7-6-19-42-29/h6-7,9-14,17-21H,2-5,8,15-16,23-24H2,1H3,(H,37,41). The van der Waals surface area contributed by atoms with E-state index in [9.17, 15) is 9.59 Å². The van der Waals surface area contributed by atoms with Gasteiger partial charge in [0.2, 0.25) is 5.91 Å². The van der Waals surface area contributed by atoms with Crippen molar-refractivity contribution >= 4 is 50.3 Å². The number of hydrogen-bond acceptors (Lipinski definition) is 6. The van der Waals surface area contributed by atoms with Gasteiger partial charge in [0.25, 0.3) is 5.91 Å². The van der Waals surface area contributed by atoms with Crippen LogP contribution in [0.25, 0.3) is 10.1 Å². The van der Waals surface area contributed by atoms with Crippen LogP contribution in [-0.4, -0.2) is 27.9 Å². The Hall–Kier alpha value is -4.26. The second-order valence-corrected chi connectivity index (χ2v) is 12.6. The zero-order valence-corrected chi connectivity index (χ0v) is 25.9. The number of imidazole rings is 1. The van der Waals surface area contributed by atoms with Crippen molar-refractivity contribution in [2.24, 2.45) is 0 Å². The van der Waals surface area contributed by atoms with Gasteiger partial charge in [-0.15, -0.1) is 22.7 Å². The van der Waals surface area contributed by atoms with Gasteiger partial charge in [-0.25, -0.2) is 4.98 Å². The number of carbonyl (C=O) groups excluding carboxylic acids is 2. The topological polar surface area (TPSA) is 91.0 Å². The second kappa shape index (κ2) is 14.8. The van der Waals surface area contributed by atoms with Crippen LogP contribution >= 0.6 is 22.7 Å². The molecule has 7 nitrogen and oxygen atoms in total. The average molecular weight is 610 g/mol. The fourth-order valence-corrected chi connectivity index (χ4v) is 6.64.